The van der Waals surface area contributed by atoms with Crippen LogP contribution in [0.1, 0.15) is 48.3 Å². The van der Waals surface area contributed by atoms with Gasteiger partial charge >= 0.3 is 0 Å². The van der Waals surface area contributed by atoms with E-state index in [1.807, 2.05) is 16.8 Å². The lowest BCUT2D eigenvalue weighted by atomic mass is 10.1. The van der Waals surface area contributed by atoms with Crippen LogP contribution in [0.5, 0.6) is 5.88 Å². The second kappa shape index (κ2) is 10.0. The van der Waals surface area contributed by atoms with E-state index in [4.69, 9.17) is 16.7 Å². The van der Waals surface area contributed by atoms with Crippen LogP contribution in [0.4, 0.5) is 0 Å². The van der Waals surface area contributed by atoms with Crippen molar-refractivity contribution in [2.45, 2.75) is 38.8 Å². The largest absolute Gasteiger partial charge is 0.493 e. The molecule has 0 bridgehead atoms. The Morgan fingerprint density at radius 2 is 2.03 bits per heavy atom. The molecule has 0 radical (unpaired) electrons. The molecule has 1 aromatic carbocycles. The third-order valence-electron chi connectivity index (χ3n) is 5.68. The zero-order valence-electron chi connectivity index (χ0n) is 18.4. The third kappa shape index (κ3) is 5.34. The fourth-order valence-electron chi connectivity index (χ4n) is 3.96. The van der Waals surface area contributed by atoms with E-state index in [1.165, 1.54) is 12.3 Å². The summed E-state index contributed by atoms with van der Waals surface area (Å²) in [5, 5.41) is 17.6. The predicted octanol–water partition coefficient (Wildman–Crippen LogP) is 3.81. The van der Waals surface area contributed by atoms with E-state index < -0.39 is 0 Å². The highest BCUT2D eigenvalue weighted by Gasteiger charge is 2.33. The highest BCUT2D eigenvalue weighted by Crippen LogP contribution is 2.29. The fraction of sp³-hybridized carbons (Fsp3) is 0.333. The van der Waals surface area contributed by atoms with Crippen molar-refractivity contribution >= 4 is 23.4 Å². The van der Waals surface area contributed by atoms with Crippen LogP contribution in [-0.2, 0) is 11.3 Å². The second-order valence-corrected chi connectivity index (χ2v) is 8.58. The van der Waals surface area contributed by atoms with Gasteiger partial charge in [-0.1, -0.05) is 43.5 Å². The van der Waals surface area contributed by atoms with Crippen molar-refractivity contribution in [1.82, 2.24) is 25.0 Å². The monoisotopic (exact) mass is 467 g/mol. The number of halogens is 1. The topological polar surface area (TPSA) is 100 Å². The molecule has 9 heteroatoms. The van der Waals surface area contributed by atoms with Crippen LogP contribution in [0.3, 0.4) is 0 Å². The summed E-state index contributed by atoms with van der Waals surface area (Å²) in [5.41, 5.74) is 2.81. The zero-order valence-corrected chi connectivity index (χ0v) is 19.1. The van der Waals surface area contributed by atoms with Crippen molar-refractivity contribution in [3.8, 4) is 17.1 Å². The van der Waals surface area contributed by atoms with Gasteiger partial charge in [0.05, 0.1) is 18.3 Å². The van der Waals surface area contributed by atoms with E-state index in [2.05, 4.69) is 17.2 Å². The highest BCUT2D eigenvalue weighted by atomic mass is 35.5. The molecule has 1 aliphatic heterocycles. The number of aromatic nitrogens is 3. The van der Waals surface area contributed by atoms with Crippen LogP contribution in [-0.4, -0.2) is 49.7 Å². The van der Waals surface area contributed by atoms with Gasteiger partial charge in [-0.25, -0.2) is 4.98 Å². The maximum atomic E-state index is 13.2. The summed E-state index contributed by atoms with van der Waals surface area (Å²) in [6.07, 6.45) is 4.38. The fourth-order valence-corrected chi connectivity index (χ4v) is 4.09. The van der Waals surface area contributed by atoms with Gasteiger partial charge in [0.1, 0.15) is 5.69 Å². The Kier molecular flexibility index (Phi) is 6.93. The van der Waals surface area contributed by atoms with Gasteiger partial charge in [-0.05, 0) is 36.2 Å². The van der Waals surface area contributed by atoms with E-state index in [1.54, 1.807) is 29.2 Å². The Bertz CT molecular complexity index is 1150. The van der Waals surface area contributed by atoms with Gasteiger partial charge in [-0.2, -0.15) is 5.10 Å². The van der Waals surface area contributed by atoms with Crippen LogP contribution in [0, 0.1) is 0 Å². The lowest BCUT2D eigenvalue weighted by Gasteiger charge is -2.33. The molecule has 33 heavy (non-hydrogen) atoms. The molecule has 0 aliphatic carbocycles. The summed E-state index contributed by atoms with van der Waals surface area (Å²) < 4.78 is 1.82. The SMILES string of the molecule is CCCCC1CN(CC(=O)NCc2ccnc(O)c2)C(=O)c2cc(-c3ccc(Cl)cc3)nn21. The molecule has 2 aromatic heterocycles. The van der Waals surface area contributed by atoms with Crippen LogP contribution < -0.4 is 5.32 Å². The van der Waals surface area contributed by atoms with Crippen molar-refractivity contribution in [3.05, 3.63) is 64.9 Å². The van der Waals surface area contributed by atoms with Crippen LogP contribution in [0.25, 0.3) is 11.3 Å². The van der Waals surface area contributed by atoms with E-state index >= 15 is 0 Å². The quantitative estimate of drug-likeness (QED) is 0.524. The zero-order chi connectivity index (χ0) is 23.4. The molecule has 0 spiro atoms. The predicted molar refractivity (Wildman–Crippen MR) is 125 cm³/mol. The van der Waals surface area contributed by atoms with Crippen LogP contribution >= 0.6 is 11.6 Å². The van der Waals surface area contributed by atoms with Gasteiger partial charge < -0.3 is 15.3 Å². The molecule has 8 nitrogen and oxygen atoms in total. The summed E-state index contributed by atoms with van der Waals surface area (Å²) in [7, 11) is 0. The smallest absolute Gasteiger partial charge is 0.272 e. The molecule has 2 N–H and O–H groups in total. The normalized spacial score (nSPS) is 15.4. The number of carbonyl (C=O) groups excluding carboxylic acids is 2. The number of fused-ring (bicyclic) bond motifs is 1. The van der Waals surface area contributed by atoms with Gasteiger partial charge in [0.25, 0.3) is 5.91 Å². The molecule has 1 atom stereocenters. The Labute approximate surface area is 197 Å². The summed E-state index contributed by atoms with van der Waals surface area (Å²) in [4.78, 5) is 31.1. The van der Waals surface area contributed by atoms with Crippen molar-refractivity contribution in [2.75, 3.05) is 13.1 Å². The summed E-state index contributed by atoms with van der Waals surface area (Å²) in [6.45, 7) is 2.76. The number of nitrogens with one attached hydrogen (secondary N) is 1. The number of benzene rings is 1. The van der Waals surface area contributed by atoms with E-state index in [-0.39, 0.29) is 36.8 Å². The minimum absolute atomic E-state index is 0.00338. The second-order valence-electron chi connectivity index (χ2n) is 8.15. The van der Waals surface area contributed by atoms with Crippen molar-refractivity contribution in [2.24, 2.45) is 0 Å². The van der Waals surface area contributed by atoms with Gasteiger partial charge in [0, 0.05) is 35.9 Å². The minimum Gasteiger partial charge on any atom is -0.493 e. The van der Waals surface area contributed by atoms with Crippen molar-refractivity contribution < 1.29 is 14.7 Å². The Morgan fingerprint density at radius 3 is 2.76 bits per heavy atom. The highest BCUT2D eigenvalue weighted by molar-refractivity contribution is 6.30. The third-order valence-corrected chi connectivity index (χ3v) is 5.94. The number of unbranched alkanes of at least 4 members (excludes halogenated alkanes) is 1. The molecule has 2 amide bonds. The molecule has 172 valence electrons. The molecule has 1 aliphatic rings. The average Bonchev–Trinajstić information content (AvgIpc) is 3.25. The Hall–Kier alpha value is -3.39. The number of pyridine rings is 1. The molecular weight excluding hydrogens is 442 g/mol. The van der Waals surface area contributed by atoms with E-state index in [0.717, 1.165) is 30.4 Å². The number of aromatic hydroxyl groups is 1. The summed E-state index contributed by atoms with van der Waals surface area (Å²) >= 11 is 6.00. The first-order valence-corrected chi connectivity index (χ1v) is 11.4. The van der Waals surface area contributed by atoms with Crippen LogP contribution in [0.2, 0.25) is 5.02 Å². The molecule has 4 rings (SSSR count). The lowest BCUT2D eigenvalue weighted by molar-refractivity contribution is -0.122. The van der Waals surface area contributed by atoms with Crippen molar-refractivity contribution in [3.63, 3.8) is 0 Å². The first-order valence-electron chi connectivity index (χ1n) is 11.0. The average molecular weight is 468 g/mol. The first-order chi connectivity index (χ1) is 15.9. The van der Waals surface area contributed by atoms with Gasteiger partial charge in [-0.3, -0.25) is 14.3 Å². The molecule has 0 fully saturated rings. The molecule has 0 saturated heterocycles. The van der Waals surface area contributed by atoms with Gasteiger partial charge in [0.2, 0.25) is 11.8 Å². The maximum Gasteiger partial charge on any atom is 0.272 e. The van der Waals surface area contributed by atoms with Crippen molar-refractivity contribution in [1.29, 1.82) is 0 Å². The van der Waals surface area contributed by atoms with Gasteiger partial charge in [0.15, 0.2) is 0 Å². The molecule has 1 unspecified atom stereocenters. The minimum atomic E-state index is -0.264. The lowest BCUT2D eigenvalue weighted by Crippen LogP contribution is -2.47. The van der Waals surface area contributed by atoms with Gasteiger partial charge in [-0.15, -0.1) is 0 Å². The molecular formula is C24H26ClN5O3. The summed E-state index contributed by atoms with van der Waals surface area (Å²) in [6, 6.07) is 12.3. The Balaban J connectivity index is 1.50. The maximum absolute atomic E-state index is 13.2. The first kappa shape index (κ1) is 22.8. The Morgan fingerprint density at radius 1 is 1.24 bits per heavy atom. The number of amides is 2. The number of carbonyl (C=O) groups is 2. The number of rotatable bonds is 8. The number of nitrogens with zero attached hydrogens (tertiary/aromatic N) is 4. The standard InChI is InChI=1S/C24H26ClN5O3/c1-2-3-4-19-14-29(15-23(32)27-13-16-9-10-26-22(31)11-16)24(33)21-12-20(28-30(19)21)17-5-7-18(25)8-6-17/h5-12,19H,2-4,13-15H2,1H3,(H,26,31)(H,27,32). The molecule has 0 saturated carbocycles. The number of hydrogen-bond donors (Lipinski definition) is 2. The van der Waals surface area contributed by atoms with E-state index in [9.17, 15) is 14.7 Å². The molecule has 3 heterocycles. The van der Waals surface area contributed by atoms with Crippen LogP contribution in [0.15, 0.2) is 48.7 Å². The number of hydrogen-bond acceptors (Lipinski definition) is 5. The molecule has 3 aromatic rings. The van der Waals surface area contributed by atoms with E-state index in [0.29, 0.717) is 23.0 Å². The summed E-state index contributed by atoms with van der Waals surface area (Å²) in [5.74, 6) is -0.580.